The minimum Gasteiger partial charge on any atom is -0.497 e. The summed E-state index contributed by atoms with van der Waals surface area (Å²) >= 11 is 0. The van der Waals surface area contributed by atoms with Crippen molar-refractivity contribution in [3.8, 4) is 5.75 Å². The normalized spacial score (nSPS) is 16.9. The van der Waals surface area contributed by atoms with Crippen molar-refractivity contribution in [3.05, 3.63) is 54.7 Å². The number of hydrogen-bond acceptors (Lipinski definition) is 5. The lowest BCUT2D eigenvalue weighted by Crippen LogP contribution is -2.41. The molecule has 0 radical (unpaired) electrons. The van der Waals surface area contributed by atoms with Gasteiger partial charge in [-0.25, -0.2) is 4.98 Å². The van der Waals surface area contributed by atoms with E-state index in [0.717, 1.165) is 47.7 Å². The highest BCUT2D eigenvalue weighted by Crippen LogP contribution is 2.24. The Labute approximate surface area is 158 Å². The van der Waals surface area contributed by atoms with Gasteiger partial charge in [0.15, 0.2) is 0 Å². The van der Waals surface area contributed by atoms with Crippen LogP contribution in [0.4, 0.5) is 11.5 Å². The van der Waals surface area contributed by atoms with E-state index in [9.17, 15) is 4.79 Å². The van der Waals surface area contributed by atoms with Crippen molar-refractivity contribution in [3.63, 3.8) is 0 Å². The number of anilines is 2. The van der Waals surface area contributed by atoms with Crippen LogP contribution in [0.25, 0.3) is 11.0 Å². The van der Waals surface area contributed by atoms with Crippen molar-refractivity contribution in [2.24, 2.45) is 5.92 Å². The second-order valence-electron chi connectivity index (χ2n) is 6.72. The molecule has 1 saturated heterocycles. The molecule has 4 rings (SSSR count). The molecule has 6 nitrogen and oxygen atoms in total. The molecule has 0 aliphatic carbocycles. The number of rotatable bonds is 4. The van der Waals surface area contributed by atoms with Crippen LogP contribution < -0.4 is 15.0 Å². The number of benzene rings is 2. The molecule has 6 heteroatoms. The van der Waals surface area contributed by atoms with Gasteiger partial charge in [0.1, 0.15) is 11.6 Å². The van der Waals surface area contributed by atoms with E-state index in [1.807, 2.05) is 48.5 Å². The highest BCUT2D eigenvalue weighted by molar-refractivity contribution is 5.93. The summed E-state index contributed by atoms with van der Waals surface area (Å²) in [5, 5.41) is 3.01. The van der Waals surface area contributed by atoms with Crippen LogP contribution in [0.2, 0.25) is 0 Å². The second kappa shape index (κ2) is 7.61. The summed E-state index contributed by atoms with van der Waals surface area (Å²) in [6.45, 7) is 1.53. The fourth-order valence-corrected chi connectivity index (χ4v) is 3.44. The summed E-state index contributed by atoms with van der Waals surface area (Å²) in [6, 6.07) is 15.2. The van der Waals surface area contributed by atoms with Gasteiger partial charge in [-0.3, -0.25) is 9.78 Å². The lowest BCUT2D eigenvalue weighted by molar-refractivity contribution is -0.120. The van der Waals surface area contributed by atoms with E-state index in [1.54, 1.807) is 13.3 Å². The maximum Gasteiger partial charge on any atom is 0.229 e. The molecule has 3 aromatic rings. The third-order valence-electron chi connectivity index (χ3n) is 4.89. The first-order valence-electron chi connectivity index (χ1n) is 9.14. The van der Waals surface area contributed by atoms with Crippen molar-refractivity contribution in [1.82, 2.24) is 9.97 Å². The maximum atomic E-state index is 12.7. The third-order valence-corrected chi connectivity index (χ3v) is 4.89. The quantitative estimate of drug-likeness (QED) is 0.769. The van der Waals surface area contributed by atoms with Gasteiger partial charge in [0.2, 0.25) is 5.91 Å². The van der Waals surface area contributed by atoms with Crippen LogP contribution in [0, 0.1) is 5.92 Å². The Morgan fingerprint density at radius 2 is 2.04 bits per heavy atom. The Hall–Kier alpha value is -3.15. The number of ether oxygens (including phenoxy) is 1. The van der Waals surface area contributed by atoms with Gasteiger partial charge in [0, 0.05) is 24.8 Å². The summed E-state index contributed by atoms with van der Waals surface area (Å²) in [5.41, 5.74) is 2.51. The standard InChI is InChI=1S/C21H22N4O2/c1-27-17-8-4-7-16(12-17)23-21(26)15-6-5-11-25(14-15)20-13-22-18-9-2-3-10-19(18)24-20/h2-4,7-10,12-13,15H,5-6,11,14H2,1H3,(H,23,26). The van der Waals surface area contributed by atoms with E-state index in [-0.39, 0.29) is 11.8 Å². The van der Waals surface area contributed by atoms with Crippen LogP contribution >= 0.6 is 0 Å². The number of aromatic nitrogens is 2. The number of fused-ring (bicyclic) bond motifs is 1. The molecule has 0 spiro atoms. The van der Waals surface area contributed by atoms with Crippen LogP contribution in [0.1, 0.15) is 12.8 Å². The van der Waals surface area contributed by atoms with Gasteiger partial charge >= 0.3 is 0 Å². The fourth-order valence-electron chi connectivity index (χ4n) is 3.44. The number of carbonyl (C=O) groups excluding carboxylic acids is 1. The minimum absolute atomic E-state index is 0.0294. The molecule has 0 saturated carbocycles. The van der Waals surface area contributed by atoms with Crippen LogP contribution in [0.3, 0.4) is 0 Å². The lowest BCUT2D eigenvalue weighted by atomic mass is 9.97. The Morgan fingerprint density at radius 1 is 1.19 bits per heavy atom. The average Bonchev–Trinajstić information content (AvgIpc) is 2.73. The highest BCUT2D eigenvalue weighted by Gasteiger charge is 2.27. The Kier molecular flexibility index (Phi) is 4.87. The molecule has 0 bridgehead atoms. The van der Waals surface area contributed by atoms with Crippen molar-refractivity contribution >= 4 is 28.4 Å². The summed E-state index contributed by atoms with van der Waals surface area (Å²) in [4.78, 5) is 24.1. The Morgan fingerprint density at radius 3 is 2.89 bits per heavy atom. The maximum absolute atomic E-state index is 12.7. The minimum atomic E-state index is -0.0850. The van der Waals surface area contributed by atoms with Gasteiger partial charge in [-0.1, -0.05) is 18.2 Å². The zero-order chi connectivity index (χ0) is 18.6. The van der Waals surface area contributed by atoms with Gasteiger partial charge in [0.25, 0.3) is 0 Å². The molecule has 1 unspecified atom stereocenters. The number of para-hydroxylation sites is 2. The van der Waals surface area contributed by atoms with Crippen molar-refractivity contribution in [2.45, 2.75) is 12.8 Å². The van der Waals surface area contributed by atoms with Crippen LogP contribution in [-0.2, 0) is 4.79 Å². The largest absolute Gasteiger partial charge is 0.497 e. The summed E-state index contributed by atoms with van der Waals surface area (Å²) in [7, 11) is 1.62. The molecule has 138 valence electrons. The molecule has 2 aromatic carbocycles. The number of carbonyl (C=O) groups is 1. The number of methoxy groups -OCH3 is 1. The molecule has 1 fully saturated rings. The molecular weight excluding hydrogens is 340 g/mol. The highest BCUT2D eigenvalue weighted by atomic mass is 16.5. The van der Waals surface area contributed by atoms with Gasteiger partial charge in [-0.05, 0) is 37.1 Å². The van der Waals surface area contributed by atoms with Crippen LogP contribution in [0.5, 0.6) is 5.75 Å². The van der Waals surface area contributed by atoms with Crippen LogP contribution in [0.15, 0.2) is 54.7 Å². The molecule has 1 atom stereocenters. The number of hydrogen-bond donors (Lipinski definition) is 1. The van der Waals surface area contributed by atoms with Crippen molar-refractivity contribution < 1.29 is 9.53 Å². The third kappa shape index (κ3) is 3.84. The summed E-state index contributed by atoms with van der Waals surface area (Å²) in [5.74, 6) is 1.50. The zero-order valence-corrected chi connectivity index (χ0v) is 15.3. The SMILES string of the molecule is COc1cccc(NC(=O)C2CCCN(c3cnc4ccccc4n3)C2)c1. The van der Waals surface area contributed by atoms with E-state index in [4.69, 9.17) is 9.72 Å². The van der Waals surface area contributed by atoms with E-state index >= 15 is 0 Å². The molecule has 1 N–H and O–H groups in total. The lowest BCUT2D eigenvalue weighted by Gasteiger charge is -2.32. The Bertz CT molecular complexity index is 960. The van der Waals surface area contributed by atoms with E-state index in [1.165, 1.54) is 0 Å². The molecule has 1 aliphatic rings. The predicted molar refractivity (Wildman–Crippen MR) is 106 cm³/mol. The average molecular weight is 362 g/mol. The van der Waals surface area contributed by atoms with Gasteiger partial charge in [-0.15, -0.1) is 0 Å². The van der Waals surface area contributed by atoms with Gasteiger partial charge in [-0.2, -0.15) is 0 Å². The molecular formula is C21H22N4O2. The Balaban J connectivity index is 1.47. The number of nitrogens with one attached hydrogen (secondary N) is 1. The number of piperidine rings is 1. The topological polar surface area (TPSA) is 67.3 Å². The predicted octanol–water partition coefficient (Wildman–Crippen LogP) is 3.49. The van der Waals surface area contributed by atoms with Crippen LogP contribution in [-0.4, -0.2) is 36.1 Å². The fraction of sp³-hybridized carbons (Fsp3) is 0.286. The van der Waals surface area contributed by atoms with Crippen molar-refractivity contribution in [1.29, 1.82) is 0 Å². The summed E-state index contributed by atoms with van der Waals surface area (Å²) < 4.78 is 5.22. The van der Waals surface area contributed by atoms with Crippen molar-refractivity contribution in [2.75, 3.05) is 30.4 Å². The molecule has 2 heterocycles. The summed E-state index contributed by atoms with van der Waals surface area (Å²) in [6.07, 6.45) is 3.61. The van der Waals surface area contributed by atoms with Gasteiger partial charge in [0.05, 0.1) is 30.3 Å². The van der Waals surface area contributed by atoms with E-state index in [2.05, 4.69) is 15.2 Å². The number of amides is 1. The smallest absolute Gasteiger partial charge is 0.229 e. The van der Waals surface area contributed by atoms with E-state index in [0.29, 0.717) is 6.54 Å². The second-order valence-corrected chi connectivity index (χ2v) is 6.72. The van der Waals surface area contributed by atoms with E-state index < -0.39 is 0 Å². The molecule has 1 aromatic heterocycles. The monoisotopic (exact) mass is 362 g/mol. The molecule has 1 amide bonds. The molecule has 27 heavy (non-hydrogen) atoms. The first kappa shape index (κ1) is 17.3. The number of nitrogens with zero attached hydrogens (tertiary/aromatic N) is 3. The zero-order valence-electron chi connectivity index (χ0n) is 15.3. The molecule has 1 aliphatic heterocycles. The van der Waals surface area contributed by atoms with Gasteiger partial charge < -0.3 is 15.0 Å². The first-order chi connectivity index (χ1) is 13.2. The first-order valence-corrected chi connectivity index (χ1v) is 9.14.